The zero-order valence-electron chi connectivity index (χ0n) is 6.92. The lowest BCUT2D eigenvalue weighted by Crippen LogP contribution is -2.23. The van der Waals surface area contributed by atoms with E-state index in [1.807, 2.05) is 12.3 Å². The first kappa shape index (κ1) is 13.0. The van der Waals surface area contributed by atoms with Gasteiger partial charge in [-0.05, 0) is 30.2 Å². The van der Waals surface area contributed by atoms with Crippen LogP contribution in [-0.4, -0.2) is 11.5 Å². The van der Waals surface area contributed by atoms with E-state index < -0.39 is 0 Å². The Morgan fingerprint density at radius 2 is 2.08 bits per heavy atom. The summed E-state index contributed by atoms with van der Waals surface area (Å²) in [7, 11) is 0. The molecule has 0 amide bonds. The van der Waals surface area contributed by atoms with E-state index in [9.17, 15) is 0 Å². The topological polar surface area (TPSA) is 24.9 Å². The zero-order chi connectivity index (χ0) is 7.68. The van der Waals surface area contributed by atoms with E-state index >= 15 is 0 Å². The quantitative estimate of drug-likeness (QED) is 0.705. The lowest BCUT2D eigenvalue weighted by molar-refractivity contribution is 0.641. The van der Waals surface area contributed by atoms with E-state index in [4.69, 9.17) is 11.6 Å². The van der Waals surface area contributed by atoms with Crippen LogP contribution in [0.2, 0.25) is 5.15 Å². The normalized spacial score (nSPS) is 13.6. The van der Waals surface area contributed by atoms with Crippen molar-refractivity contribution in [2.75, 3.05) is 6.54 Å². The van der Waals surface area contributed by atoms with Gasteiger partial charge in [-0.25, -0.2) is 4.98 Å². The molecule has 0 spiro atoms. The highest BCUT2D eigenvalue weighted by Gasteiger charge is 2.08. The second kappa shape index (κ2) is 5.66. The second-order valence-corrected chi connectivity index (χ2v) is 3.09. The molecule has 0 fully saturated rings. The molecule has 0 saturated heterocycles. The number of fused-ring (bicyclic) bond motifs is 1. The molecule has 1 aliphatic heterocycles. The standard InChI is InChI=1S/C8H9ClN2.2ClH/c9-8-3-6-1-2-10-4-7(6)5-11-8;;/h3,5,10H,1-2,4H2;2*1H. The van der Waals surface area contributed by atoms with Crippen molar-refractivity contribution in [1.82, 2.24) is 10.3 Å². The van der Waals surface area contributed by atoms with Gasteiger partial charge in [-0.2, -0.15) is 0 Å². The molecule has 0 bridgehead atoms. The number of pyridine rings is 1. The summed E-state index contributed by atoms with van der Waals surface area (Å²) in [5.74, 6) is 0. The molecular weight excluding hydrogens is 230 g/mol. The zero-order valence-corrected chi connectivity index (χ0v) is 9.31. The highest BCUT2D eigenvalue weighted by Crippen LogP contribution is 2.15. The number of halogens is 3. The van der Waals surface area contributed by atoms with Gasteiger partial charge in [0, 0.05) is 12.7 Å². The van der Waals surface area contributed by atoms with E-state index in [1.165, 1.54) is 11.1 Å². The fourth-order valence-electron chi connectivity index (χ4n) is 1.33. The van der Waals surface area contributed by atoms with Gasteiger partial charge in [0.2, 0.25) is 0 Å². The van der Waals surface area contributed by atoms with Crippen molar-refractivity contribution in [2.24, 2.45) is 0 Å². The monoisotopic (exact) mass is 240 g/mol. The fraction of sp³-hybridized carbons (Fsp3) is 0.375. The van der Waals surface area contributed by atoms with E-state index in [0.29, 0.717) is 5.15 Å². The molecule has 0 unspecified atom stereocenters. The Kier molecular flexibility index (Phi) is 5.65. The van der Waals surface area contributed by atoms with Crippen molar-refractivity contribution >= 4 is 36.4 Å². The van der Waals surface area contributed by atoms with E-state index in [1.54, 1.807) is 0 Å². The highest BCUT2D eigenvalue weighted by atomic mass is 35.5. The molecule has 1 aliphatic rings. The predicted molar refractivity (Wildman–Crippen MR) is 59.2 cm³/mol. The molecule has 0 radical (unpaired) electrons. The lowest BCUT2D eigenvalue weighted by atomic mass is 10.0. The predicted octanol–water partition coefficient (Wildman–Crippen LogP) is 2.22. The van der Waals surface area contributed by atoms with Crippen LogP contribution >= 0.6 is 36.4 Å². The van der Waals surface area contributed by atoms with Crippen LogP contribution in [0, 0.1) is 0 Å². The Morgan fingerprint density at radius 1 is 1.31 bits per heavy atom. The van der Waals surface area contributed by atoms with Crippen LogP contribution in [0.5, 0.6) is 0 Å². The number of nitrogens with zero attached hydrogens (tertiary/aromatic N) is 1. The Balaban J connectivity index is 0.000000720. The van der Waals surface area contributed by atoms with E-state index in [-0.39, 0.29) is 24.8 Å². The molecule has 1 aromatic rings. The summed E-state index contributed by atoms with van der Waals surface area (Å²) in [6.45, 7) is 1.98. The SMILES string of the molecule is Cl.Cl.Clc1cc2c(cn1)CNCC2. The summed E-state index contributed by atoms with van der Waals surface area (Å²) in [5.41, 5.74) is 2.62. The van der Waals surface area contributed by atoms with Crippen molar-refractivity contribution in [3.8, 4) is 0 Å². The molecule has 2 heterocycles. The van der Waals surface area contributed by atoms with Gasteiger partial charge in [-0.1, -0.05) is 11.6 Å². The summed E-state index contributed by atoms with van der Waals surface area (Å²) < 4.78 is 0. The third-order valence-corrected chi connectivity index (χ3v) is 2.14. The average Bonchev–Trinajstić information content (AvgIpc) is 2.04. The van der Waals surface area contributed by atoms with Gasteiger partial charge in [-0.15, -0.1) is 24.8 Å². The Hall–Kier alpha value is -0.0200. The lowest BCUT2D eigenvalue weighted by Gasteiger charge is -2.15. The van der Waals surface area contributed by atoms with Gasteiger partial charge in [0.25, 0.3) is 0 Å². The van der Waals surface area contributed by atoms with Gasteiger partial charge >= 0.3 is 0 Å². The van der Waals surface area contributed by atoms with Crippen molar-refractivity contribution in [1.29, 1.82) is 0 Å². The molecule has 1 N–H and O–H groups in total. The van der Waals surface area contributed by atoms with Gasteiger partial charge < -0.3 is 5.32 Å². The van der Waals surface area contributed by atoms with Gasteiger partial charge in [0.15, 0.2) is 0 Å². The largest absolute Gasteiger partial charge is 0.312 e. The average molecular weight is 242 g/mol. The van der Waals surface area contributed by atoms with Gasteiger partial charge in [0.05, 0.1) is 0 Å². The third-order valence-electron chi connectivity index (χ3n) is 1.94. The Morgan fingerprint density at radius 3 is 2.85 bits per heavy atom. The van der Waals surface area contributed by atoms with Crippen LogP contribution < -0.4 is 5.32 Å². The molecule has 2 nitrogen and oxygen atoms in total. The maximum absolute atomic E-state index is 5.75. The molecule has 0 aliphatic carbocycles. The van der Waals surface area contributed by atoms with Gasteiger partial charge in [-0.3, -0.25) is 0 Å². The molecule has 2 rings (SSSR count). The van der Waals surface area contributed by atoms with Crippen LogP contribution in [0.15, 0.2) is 12.3 Å². The second-order valence-electron chi connectivity index (χ2n) is 2.70. The Labute approximate surface area is 94.9 Å². The molecule has 0 atom stereocenters. The van der Waals surface area contributed by atoms with Crippen LogP contribution in [0.4, 0.5) is 0 Å². The summed E-state index contributed by atoms with van der Waals surface area (Å²) in [6.07, 6.45) is 2.92. The summed E-state index contributed by atoms with van der Waals surface area (Å²) in [5, 5.41) is 3.88. The molecule has 5 heteroatoms. The van der Waals surface area contributed by atoms with E-state index in [0.717, 1.165) is 19.5 Å². The minimum atomic E-state index is 0. The number of hydrogen-bond acceptors (Lipinski definition) is 2. The number of aromatic nitrogens is 1. The maximum Gasteiger partial charge on any atom is 0.129 e. The molecule has 0 aromatic carbocycles. The third kappa shape index (κ3) is 2.99. The first-order valence-electron chi connectivity index (χ1n) is 3.70. The van der Waals surface area contributed by atoms with Crippen molar-refractivity contribution < 1.29 is 0 Å². The highest BCUT2D eigenvalue weighted by molar-refractivity contribution is 6.29. The first-order chi connectivity index (χ1) is 5.36. The number of hydrogen-bond donors (Lipinski definition) is 1. The number of rotatable bonds is 0. The van der Waals surface area contributed by atoms with Crippen LogP contribution in [-0.2, 0) is 13.0 Å². The van der Waals surface area contributed by atoms with Gasteiger partial charge in [0.1, 0.15) is 5.15 Å². The molecule has 13 heavy (non-hydrogen) atoms. The van der Waals surface area contributed by atoms with Crippen molar-refractivity contribution in [3.63, 3.8) is 0 Å². The smallest absolute Gasteiger partial charge is 0.129 e. The first-order valence-corrected chi connectivity index (χ1v) is 4.08. The summed E-state index contributed by atoms with van der Waals surface area (Å²) in [4.78, 5) is 4.02. The minimum absolute atomic E-state index is 0. The van der Waals surface area contributed by atoms with E-state index in [2.05, 4.69) is 10.3 Å². The Bertz CT molecular complexity index is 278. The van der Waals surface area contributed by atoms with Crippen molar-refractivity contribution in [3.05, 3.63) is 28.5 Å². The molecule has 0 saturated carbocycles. The summed E-state index contributed by atoms with van der Waals surface area (Å²) >= 11 is 5.75. The molecular formula is C8H11Cl3N2. The summed E-state index contributed by atoms with van der Waals surface area (Å²) in [6, 6.07) is 1.96. The molecule has 1 aromatic heterocycles. The minimum Gasteiger partial charge on any atom is -0.312 e. The van der Waals surface area contributed by atoms with Crippen molar-refractivity contribution in [2.45, 2.75) is 13.0 Å². The molecule has 74 valence electrons. The van der Waals surface area contributed by atoms with Crippen LogP contribution in [0.3, 0.4) is 0 Å². The number of nitrogens with one attached hydrogen (secondary N) is 1. The maximum atomic E-state index is 5.75. The fourth-order valence-corrected chi connectivity index (χ4v) is 1.51. The van der Waals surface area contributed by atoms with Crippen LogP contribution in [0.1, 0.15) is 11.1 Å². The van der Waals surface area contributed by atoms with Crippen LogP contribution in [0.25, 0.3) is 0 Å².